The lowest BCUT2D eigenvalue weighted by atomic mass is 10.1. The van der Waals surface area contributed by atoms with Gasteiger partial charge in [0.2, 0.25) is 15.9 Å². The minimum absolute atomic E-state index is 0.134. The van der Waals surface area contributed by atoms with Crippen LogP contribution in [-0.4, -0.2) is 81.8 Å². The molecule has 2 saturated heterocycles. The van der Waals surface area contributed by atoms with Crippen molar-refractivity contribution in [2.45, 2.75) is 23.8 Å². The Kier molecular flexibility index (Phi) is 5.43. The zero-order valence-electron chi connectivity index (χ0n) is 17.1. The van der Waals surface area contributed by atoms with Crippen LogP contribution in [0.25, 0.3) is 11.0 Å². The van der Waals surface area contributed by atoms with Crippen molar-refractivity contribution in [1.82, 2.24) is 22.9 Å². The molecule has 2 aliphatic heterocycles. The number of aromatic nitrogens is 2. The molecule has 1 aromatic carbocycles. The van der Waals surface area contributed by atoms with E-state index < -0.39 is 16.1 Å². The van der Waals surface area contributed by atoms with Crippen LogP contribution in [0, 0.1) is 0 Å². The van der Waals surface area contributed by atoms with Crippen LogP contribution in [0.1, 0.15) is 23.4 Å². The van der Waals surface area contributed by atoms with E-state index in [0.29, 0.717) is 24.0 Å². The summed E-state index contributed by atoms with van der Waals surface area (Å²) in [6, 6.07) is 7.59. The summed E-state index contributed by atoms with van der Waals surface area (Å²) in [4.78, 5) is 29.2. The van der Waals surface area contributed by atoms with E-state index in [1.54, 1.807) is 34.1 Å². The van der Waals surface area contributed by atoms with Gasteiger partial charge in [0.15, 0.2) is 5.76 Å². The van der Waals surface area contributed by atoms with E-state index in [9.17, 15) is 18.0 Å². The van der Waals surface area contributed by atoms with Crippen LogP contribution >= 0.6 is 11.7 Å². The molecule has 168 valence electrons. The van der Waals surface area contributed by atoms with Crippen LogP contribution in [0.3, 0.4) is 0 Å². The van der Waals surface area contributed by atoms with Gasteiger partial charge in [-0.3, -0.25) is 9.59 Å². The van der Waals surface area contributed by atoms with Crippen LogP contribution in [0.15, 0.2) is 45.9 Å². The Morgan fingerprint density at radius 1 is 1.03 bits per heavy atom. The third-order valence-corrected chi connectivity index (χ3v) is 8.42. The summed E-state index contributed by atoms with van der Waals surface area (Å²) >= 11 is 0.975. The molecule has 5 rings (SSSR count). The normalized spacial score (nSPS) is 20.2. The molecule has 0 spiro atoms. The number of carbonyl (C=O) groups excluding carboxylic acids is 2. The highest BCUT2D eigenvalue weighted by Gasteiger charge is 2.39. The van der Waals surface area contributed by atoms with E-state index in [-0.39, 0.29) is 48.6 Å². The lowest BCUT2D eigenvalue weighted by molar-refractivity contribution is -0.136. The zero-order valence-corrected chi connectivity index (χ0v) is 18.7. The average molecular weight is 476 g/mol. The maximum Gasteiger partial charge on any atom is 0.290 e. The van der Waals surface area contributed by atoms with E-state index in [0.717, 1.165) is 18.1 Å². The molecule has 3 aromatic rings. The molecule has 2 aromatic heterocycles. The second-order valence-electron chi connectivity index (χ2n) is 7.75. The summed E-state index contributed by atoms with van der Waals surface area (Å²) in [5.41, 5.74) is 0.918. The first-order chi connectivity index (χ1) is 15.5. The fourth-order valence-electron chi connectivity index (χ4n) is 4.30. The molecule has 0 N–H and O–H groups in total. The summed E-state index contributed by atoms with van der Waals surface area (Å²) in [6.45, 7) is 1.39. The molecule has 0 saturated carbocycles. The summed E-state index contributed by atoms with van der Waals surface area (Å²) in [5, 5.41) is 0. The van der Waals surface area contributed by atoms with E-state index in [1.807, 2.05) is 0 Å². The predicted molar refractivity (Wildman–Crippen MR) is 116 cm³/mol. The van der Waals surface area contributed by atoms with E-state index in [4.69, 9.17) is 4.42 Å². The number of amides is 2. The molecular formula is C20H21N5O5S2. The standard InChI is InChI=1S/C20H21N5O5S2/c26-19(15-5-2-8-25(15)20(27)16-6-3-13-30-16)23-9-11-24(12-10-23)32(28,29)17-7-1-4-14-18(17)22-31-21-14/h1,3-4,6-7,13,15H,2,5,8-12H2. The van der Waals surface area contributed by atoms with Gasteiger partial charge in [-0.05, 0) is 37.1 Å². The van der Waals surface area contributed by atoms with Crippen molar-refractivity contribution in [1.29, 1.82) is 0 Å². The molecule has 10 nitrogen and oxygen atoms in total. The molecule has 12 heteroatoms. The number of likely N-dealkylation sites (tertiary alicyclic amines) is 1. The van der Waals surface area contributed by atoms with Gasteiger partial charge in [0.1, 0.15) is 22.0 Å². The maximum atomic E-state index is 13.2. The monoisotopic (exact) mass is 475 g/mol. The molecule has 2 fully saturated rings. The highest BCUT2D eigenvalue weighted by atomic mass is 32.2. The number of furan rings is 1. The Morgan fingerprint density at radius 3 is 2.59 bits per heavy atom. The lowest BCUT2D eigenvalue weighted by Crippen LogP contribution is -2.55. The van der Waals surface area contributed by atoms with Crippen molar-refractivity contribution in [3.05, 3.63) is 42.4 Å². The predicted octanol–water partition coefficient (Wildman–Crippen LogP) is 1.42. The molecule has 0 aliphatic carbocycles. The van der Waals surface area contributed by atoms with Crippen molar-refractivity contribution < 1.29 is 22.4 Å². The molecule has 0 bridgehead atoms. The van der Waals surface area contributed by atoms with Gasteiger partial charge in [-0.15, -0.1) is 0 Å². The van der Waals surface area contributed by atoms with Gasteiger partial charge >= 0.3 is 0 Å². The Balaban J connectivity index is 1.28. The zero-order chi connectivity index (χ0) is 22.3. The molecule has 4 heterocycles. The Labute approximate surface area is 188 Å². The number of piperazine rings is 1. The Morgan fingerprint density at radius 2 is 1.84 bits per heavy atom. The number of hydrogen-bond acceptors (Lipinski definition) is 8. The molecule has 2 amide bonds. The van der Waals surface area contributed by atoms with Crippen molar-refractivity contribution >= 4 is 44.6 Å². The molecule has 32 heavy (non-hydrogen) atoms. The molecular weight excluding hydrogens is 454 g/mol. The van der Waals surface area contributed by atoms with E-state index in [1.165, 1.54) is 16.6 Å². The summed E-state index contributed by atoms with van der Waals surface area (Å²) in [5.74, 6) is -0.228. The number of fused-ring (bicyclic) bond motifs is 1. The minimum atomic E-state index is -3.76. The van der Waals surface area contributed by atoms with Gasteiger partial charge in [0, 0.05) is 32.7 Å². The van der Waals surface area contributed by atoms with Gasteiger partial charge in [-0.2, -0.15) is 13.1 Å². The summed E-state index contributed by atoms with van der Waals surface area (Å²) < 4.78 is 41.2. The number of rotatable bonds is 4. The van der Waals surface area contributed by atoms with Crippen LogP contribution in [0.2, 0.25) is 0 Å². The fraction of sp³-hybridized carbons (Fsp3) is 0.400. The fourth-order valence-corrected chi connectivity index (χ4v) is 6.47. The van der Waals surface area contributed by atoms with Crippen LogP contribution in [-0.2, 0) is 14.8 Å². The van der Waals surface area contributed by atoms with E-state index in [2.05, 4.69) is 8.75 Å². The highest BCUT2D eigenvalue weighted by Crippen LogP contribution is 2.26. The number of benzene rings is 1. The van der Waals surface area contributed by atoms with Gasteiger partial charge in [-0.25, -0.2) is 8.42 Å². The maximum absolute atomic E-state index is 13.2. The largest absolute Gasteiger partial charge is 0.459 e. The quantitative estimate of drug-likeness (QED) is 0.560. The lowest BCUT2D eigenvalue weighted by Gasteiger charge is -2.36. The highest BCUT2D eigenvalue weighted by molar-refractivity contribution is 7.89. The first-order valence-electron chi connectivity index (χ1n) is 10.3. The van der Waals surface area contributed by atoms with Crippen LogP contribution in [0.4, 0.5) is 0 Å². The molecule has 1 atom stereocenters. The Bertz CT molecular complexity index is 1250. The summed E-state index contributed by atoms with van der Waals surface area (Å²) in [6.07, 6.45) is 2.76. The van der Waals surface area contributed by atoms with Crippen LogP contribution in [0.5, 0.6) is 0 Å². The molecule has 1 unspecified atom stereocenters. The van der Waals surface area contributed by atoms with Crippen molar-refractivity contribution in [3.8, 4) is 0 Å². The first kappa shape index (κ1) is 21.0. The van der Waals surface area contributed by atoms with Gasteiger partial charge in [0.25, 0.3) is 5.91 Å². The van der Waals surface area contributed by atoms with Crippen LogP contribution < -0.4 is 0 Å². The number of carbonyl (C=O) groups is 2. The summed E-state index contributed by atoms with van der Waals surface area (Å²) in [7, 11) is -3.76. The number of hydrogen-bond donors (Lipinski definition) is 0. The topological polar surface area (TPSA) is 117 Å². The SMILES string of the molecule is O=C(C1CCCN1C(=O)c1ccco1)N1CCN(S(=O)(=O)c2cccc3nsnc23)CC1. The molecule has 2 aliphatic rings. The van der Waals surface area contributed by atoms with Gasteiger partial charge in [0.05, 0.1) is 18.0 Å². The smallest absolute Gasteiger partial charge is 0.290 e. The third-order valence-electron chi connectivity index (χ3n) is 5.95. The van der Waals surface area contributed by atoms with Gasteiger partial charge < -0.3 is 14.2 Å². The first-order valence-corrected chi connectivity index (χ1v) is 12.5. The second kappa shape index (κ2) is 8.26. The molecule has 0 radical (unpaired) electrons. The minimum Gasteiger partial charge on any atom is -0.459 e. The van der Waals surface area contributed by atoms with Crippen molar-refractivity contribution in [3.63, 3.8) is 0 Å². The van der Waals surface area contributed by atoms with Gasteiger partial charge in [-0.1, -0.05) is 6.07 Å². The van der Waals surface area contributed by atoms with E-state index >= 15 is 0 Å². The number of nitrogens with zero attached hydrogens (tertiary/aromatic N) is 5. The van der Waals surface area contributed by atoms with Crippen molar-refractivity contribution in [2.24, 2.45) is 0 Å². The second-order valence-corrected chi connectivity index (χ2v) is 10.2. The average Bonchev–Trinajstić information content (AvgIpc) is 3.59. The third kappa shape index (κ3) is 3.57. The van der Waals surface area contributed by atoms with Crippen molar-refractivity contribution in [2.75, 3.05) is 32.7 Å². The number of sulfonamides is 1. The Hall–Kier alpha value is -2.83.